The van der Waals surface area contributed by atoms with Gasteiger partial charge >= 0.3 is 6.03 Å². The number of aryl methyl sites for hydroxylation is 1. The van der Waals surface area contributed by atoms with Crippen LogP contribution in [0, 0.1) is 6.92 Å². The van der Waals surface area contributed by atoms with Crippen molar-refractivity contribution in [3.63, 3.8) is 0 Å². The van der Waals surface area contributed by atoms with Crippen molar-refractivity contribution in [3.8, 4) is 5.75 Å². The molecule has 0 aromatic heterocycles. The van der Waals surface area contributed by atoms with E-state index in [4.69, 9.17) is 4.74 Å². The zero-order chi connectivity index (χ0) is 18.7. The Morgan fingerprint density at radius 3 is 2.46 bits per heavy atom. The zero-order valence-electron chi connectivity index (χ0n) is 14.5. The maximum atomic E-state index is 12.7. The molecule has 6 nitrogen and oxygen atoms in total. The number of hydrogen-bond acceptors (Lipinski definition) is 4. The molecule has 1 N–H and O–H groups in total. The Kier molecular flexibility index (Phi) is 4.84. The van der Waals surface area contributed by atoms with Gasteiger partial charge in [0, 0.05) is 0 Å². The molecule has 1 heterocycles. The average Bonchev–Trinajstić information content (AvgIpc) is 2.63. The van der Waals surface area contributed by atoms with Gasteiger partial charge in [0.15, 0.2) is 0 Å². The van der Waals surface area contributed by atoms with Gasteiger partial charge in [0.1, 0.15) is 11.3 Å². The van der Waals surface area contributed by atoms with Gasteiger partial charge in [0.25, 0.3) is 11.8 Å². The normalized spacial score (nSPS) is 16.0. The van der Waals surface area contributed by atoms with E-state index in [0.29, 0.717) is 11.3 Å². The number of ether oxygens (including phenoxy) is 1. The molecule has 3 rings (SSSR count). The van der Waals surface area contributed by atoms with Gasteiger partial charge in [0.2, 0.25) is 0 Å². The summed E-state index contributed by atoms with van der Waals surface area (Å²) in [6, 6.07) is 13.7. The first-order valence-electron chi connectivity index (χ1n) is 8.07. The van der Waals surface area contributed by atoms with Crippen LogP contribution in [-0.4, -0.2) is 29.9 Å². The molecule has 1 aliphatic heterocycles. The lowest BCUT2D eigenvalue weighted by molar-refractivity contribution is -0.130. The summed E-state index contributed by atoms with van der Waals surface area (Å²) in [6.45, 7) is 1.96. The Morgan fingerprint density at radius 1 is 1.08 bits per heavy atom. The van der Waals surface area contributed by atoms with E-state index in [1.807, 2.05) is 43.3 Å². The van der Waals surface area contributed by atoms with Crippen LogP contribution in [0.5, 0.6) is 5.75 Å². The molecule has 0 bridgehead atoms. The summed E-state index contributed by atoms with van der Waals surface area (Å²) in [5.41, 5.74) is 2.27. The highest BCUT2D eigenvalue weighted by Gasteiger charge is 2.35. The number of methoxy groups -OCH3 is 1. The molecule has 2 aromatic carbocycles. The van der Waals surface area contributed by atoms with E-state index >= 15 is 0 Å². The van der Waals surface area contributed by atoms with Crippen molar-refractivity contribution >= 4 is 23.9 Å². The van der Waals surface area contributed by atoms with Gasteiger partial charge in [-0.25, -0.2) is 4.79 Å². The maximum absolute atomic E-state index is 12.7. The minimum Gasteiger partial charge on any atom is -0.496 e. The van der Waals surface area contributed by atoms with Gasteiger partial charge in [-0.2, -0.15) is 0 Å². The van der Waals surface area contributed by atoms with Crippen LogP contribution in [0.25, 0.3) is 6.08 Å². The Morgan fingerprint density at radius 2 is 1.81 bits per heavy atom. The first kappa shape index (κ1) is 17.4. The van der Waals surface area contributed by atoms with Crippen molar-refractivity contribution in [2.24, 2.45) is 0 Å². The Labute approximate surface area is 151 Å². The second-order valence-corrected chi connectivity index (χ2v) is 5.92. The summed E-state index contributed by atoms with van der Waals surface area (Å²) in [5.74, 6) is -0.596. The van der Waals surface area contributed by atoms with Crippen LogP contribution in [0.2, 0.25) is 0 Å². The van der Waals surface area contributed by atoms with Crippen LogP contribution < -0.4 is 10.1 Å². The molecule has 2 aromatic rings. The number of carbonyl (C=O) groups excluding carboxylic acids is 3. The molecule has 1 saturated heterocycles. The van der Waals surface area contributed by atoms with Crippen LogP contribution in [0.15, 0.2) is 54.1 Å². The fourth-order valence-electron chi connectivity index (χ4n) is 2.76. The second-order valence-electron chi connectivity index (χ2n) is 5.92. The van der Waals surface area contributed by atoms with Gasteiger partial charge in [-0.1, -0.05) is 36.4 Å². The molecular formula is C20H18N2O4. The first-order valence-corrected chi connectivity index (χ1v) is 8.07. The number of nitrogens with zero attached hydrogens (tertiary/aromatic N) is 1. The van der Waals surface area contributed by atoms with Gasteiger partial charge in [0.05, 0.1) is 13.7 Å². The van der Waals surface area contributed by atoms with E-state index in [1.54, 1.807) is 19.2 Å². The van der Waals surface area contributed by atoms with Crippen molar-refractivity contribution in [1.82, 2.24) is 10.2 Å². The lowest BCUT2D eigenvalue weighted by atomic mass is 10.0. The third-order valence-corrected chi connectivity index (χ3v) is 4.10. The summed E-state index contributed by atoms with van der Waals surface area (Å²) in [5, 5.41) is 2.22. The minimum atomic E-state index is -0.716. The van der Waals surface area contributed by atoms with E-state index in [0.717, 1.165) is 16.0 Å². The molecule has 132 valence electrons. The van der Waals surface area contributed by atoms with Crippen molar-refractivity contribution in [2.75, 3.05) is 7.11 Å². The Balaban J connectivity index is 1.91. The van der Waals surface area contributed by atoms with Crippen LogP contribution in [-0.2, 0) is 16.1 Å². The van der Waals surface area contributed by atoms with Crippen molar-refractivity contribution in [2.45, 2.75) is 13.5 Å². The van der Waals surface area contributed by atoms with Gasteiger partial charge in [-0.05, 0) is 41.8 Å². The molecule has 1 fully saturated rings. The third kappa shape index (κ3) is 3.49. The lowest BCUT2D eigenvalue weighted by Gasteiger charge is -2.26. The van der Waals surface area contributed by atoms with Crippen molar-refractivity contribution < 1.29 is 19.1 Å². The number of urea groups is 1. The zero-order valence-corrected chi connectivity index (χ0v) is 14.5. The molecule has 0 spiro atoms. The summed E-state index contributed by atoms with van der Waals surface area (Å²) in [6.07, 6.45) is 1.48. The summed E-state index contributed by atoms with van der Waals surface area (Å²) in [7, 11) is 1.58. The Bertz CT molecular complexity index is 903. The third-order valence-electron chi connectivity index (χ3n) is 4.10. The number of amides is 4. The topological polar surface area (TPSA) is 75.7 Å². The number of hydrogen-bond donors (Lipinski definition) is 1. The summed E-state index contributed by atoms with van der Waals surface area (Å²) >= 11 is 0. The minimum absolute atomic E-state index is 0.0786. The van der Waals surface area contributed by atoms with Crippen molar-refractivity contribution in [1.29, 1.82) is 0 Å². The van der Waals surface area contributed by atoms with Crippen LogP contribution in [0.4, 0.5) is 4.79 Å². The highest BCUT2D eigenvalue weighted by Crippen LogP contribution is 2.22. The standard InChI is InChI=1S/C20H18N2O4/c1-13-10-15(8-9-17(13)26-2)11-16-18(23)21-20(25)22(19(16)24)12-14-6-4-3-5-7-14/h3-11H,12H2,1-2H3,(H,21,23,25)/b16-11-. The number of barbiturate groups is 1. The molecule has 26 heavy (non-hydrogen) atoms. The van der Waals surface area contributed by atoms with Crippen LogP contribution >= 0.6 is 0 Å². The monoisotopic (exact) mass is 350 g/mol. The number of imide groups is 2. The smallest absolute Gasteiger partial charge is 0.331 e. The van der Waals surface area contributed by atoms with Crippen LogP contribution in [0.1, 0.15) is 16.7 Å². The van der Waals surface area contributed by atoms with Crippen molar-refractivity contribution in [3.05, 3.63) is 70.8 Å². The fourth-order valence-corrected chi connectivity index (χ4v) is 2.76. The number of nitrogens with one attached hydrogen (secondary N) is 1. The van der Waals surface area contributed by atoms with Gasteiger partial charge in [-0.15, -0.1) is 0 Å². The molecule has 1 aliphatic rings. The highest BCUT2D eigenvalue weighted by molar-refractivity contribution is 6.30. The largest absolute Gasteiger partial charge is 0.496 e. The summed E-state index contributed by atoms with van der Waals surface area (Å²) in [4.78, 5) is 38.0. The van der Waals surface area contributed by atoms with Gasteiger partial charge in [-0.3, -0.25) is 19.8 Å². The van der Waals surface area contributed by atoms with E-state index in [1.165, 1.54) is 6.08 Å². The van der Waals surface area contributed by atoms with E-state index < -0.39 is 17.8 Å². The van der Waals surface area contributed by atoms with Crippen LogP contribution in [0.3, 0.4) is 0 Å². The van der Waals surface area contributed by atoms with E-state index in [-0.39, 0.29) is 12.1 Å². The molecule has 0 saturated carbocycles. The quantitative estimate of drug-likeness (QED) is 0.679. The summed E-state index contributed by atoms with van der Waals surface area (Å²) < 4.78 is 5.21. The predicted molar refractivity (Wildman–Crippen MR) is 96.2 cm³/mol. The van der Waals surface area contributed by atoms with E-state index in [9.17, 15) is 14.4 Å². The first-order chi connectivity index (χ1) is 12.5. The average molecular weight is 350 g/mol. The lowest BCUT2D eigenvalue weighted by Crippen LogP contribution is -2.53. The molecule has 0 aliphatic carbocycles. The second kappa shape index (κ2) is 7.23. The molecule has 6 heteroatoms. The molecular weight excluding hydrogens is 332 g/mol. The fraction of sp³-hybridized carbons (Fsp3) is 0.150. The number of carbonyl (C=O) groups is 3. The van der Waals surface area contributed by atoms with Gasteiger partial charge < -0.3 is 4.74 Å². The number of benzene rings is 2. The number of rotatable bonds is 4. The van der Waals surface area contributed by atoms with E-state index in [2.05, 4.69) is 5.32 Å². The molecule has 0 radical (unpaired) electrons. The highest BCUT2D eigenvalue weighted by atomic mass is 16.5. The Hall–Kier alpha value is -3.41. The molecule has 0 atom stereocenters. The molecule has 4 amide bonds. The molecule has 0 unspecified atom stereocenters. The maximum Gasteiger partial charge on any atom is 0.331 e. The predicted octanol–water partition coefficient (Wildman–Crippen LogP) is 2.67. The SMILES string of the molecule is COc1ccc(/C=C2/C(=O)NC(=O)N(Cc3ccccc3)C2=O)cc1C.